The zero-order chi connectivity index (χ0) is 14.7. The Kier molecular flexibility index (Phi) is 4.11. The molecule has 1 aliphatic heterocycles. The molecular formula is C18H22N2O. The van der Waals surface area contributed by atoms with Gasteiger partial charge in [0.2, 0.25) is 0 Å². The lowest BCUT2D eigenvalue weighted by Crippen LogP contribution is -2.20. The molecule has 0 aliphatic carbocycles. The van der Waals surface area contributed by atoms with Crippen molar-refractivity contribution in [3.05, 3.63) is 59.7 Å². The highest BCUT2D eigenvalue weighted by molar-refractivity contribution is 5.51. The van der Waals surface area contributed by atoms with Gasteiger partial charge in [-0.15, -0.1) is 0 Å². The van der Waals surface area contributed by atoms with Crippen LogP contribution in [0.1, 0.15) is 23.5 Å². The molecule has 1 atom stereocenters. The molecule has 0 aromatic heterocycles. The molecule has 3 nitrogen and oxygen atoms in total. The van der Waals surface area contributed by atoms with Gasteiger partial charge in [-0.2, -0.15) is 0 Å². The van der Waals surface area contributed by atoms with Crippen LogP contribution in [0.2, 0.25) is 0 Å². The van der Waals surface area contributed by atoms with Crippen LogP contribution in [0.4, 0.5) is 5.69 Å². The number of benzene rings is 2. The fourth-order valence-corrected chi connectivity index (χ4v) is 3.06. The number of nitrogen functional groups attached to an aromatic ring is 1. The molecular weight excluding hydrogens is 260 g/mol. The Morgan fingerprint density at radius 3 is 2.71 bits per heavy atom. The van der Waals surface area contributed by atoms with Crippen LogP contribution in [0.5, 0.6) is 5.75 Å². The Hall–Kier alpha value is -2.00. The van der Waals surface area contributed by atoms with Gasteiger partial charge in [0, 0.05) is 24.8 Å². The van der Waals surface area contributed by atoms with E-state index in [0.717, 1.165) is 31.1 Å². The quantitative estimate of drug-likeness (QED) is 0.875. The van der Waals surface area contributed by atoms with Gasteiger partial charge >= 0.3 is 0 Å². The Morgan fingerprint density at radius 1 is 1.19 bits per heavy atom. The third-order valence-corrected chi connectivity index (χ3v) is 4.29. The minimum absolute atomic E-state index is 0.644. The first-order valence-electron chi connectivity index (χ1n) is 7.46. The zero-order valence-corrected chi connectivity index (χ0v) is 12.5. The van der Waals surface area contributed by atoms with E-state index in [9.17, 15) is 0 Å². The standard InChI is InChI=1S/C18H22N2O/c1-21-17-8-7-16(18(19)11-17)13-20-10-9-15(12-20)14-5-3-2-4-6-14/h2-8,11,15H,9-10,12-13,19H2,1H3. The summed E-state index contributed by atoms with van der Waals surface area (Å²) in [5.41, 5.74) is 9.56. The number of ether oxygens (including phenoxy) is 1. The fraction of sp³-hybridized carbons (Fsp3) is 0.333. The Balaban J connectivity index is 1.65. The first-order chi connectivity index (χ1) is 10.3. The number of nitrogens with zero attached hydrogens (tertiary/aromatic N) is 1. The van der Waals surface area contributed by atoms with Gasteiger partial charge in [0.25, 0.3) is 0 Å². The van der Waals surface area contributed by atoms with E-state index in [-0.39, 0.29) is 0 Å². The first-order valence-corrected chi connectivity index (χ1v) is 7.46. The van der Waals surface area contributed by atoms with E-state index >= 15 is 0 Å². The number of hydrogen-bond donors (Lipinski definition) is 1. The van der Waals surface area contributed by atoms with Crippen molar-refractivity contribution in [1.82, 2.24) is 4.90 Å². The monoisotopic (exact) mass is 282 g/mol. The number of nitrogens with two attached hydrogens (primary N) is 1. The van der Waals surface area contributed by atoms with Crippen LogP contribution < -0.4 is 10.5 Å². The minimum Gasteiger partial charge on any atom is -0.497 e. The number of methoxy groups -OCH3 is 1. The van der Waals surface area contributed by atoms with Crippen molar-refractivity contribution in [2.75, 3.05) is 25.9 Å². The Morgan fingerprint density at radius 2 is 2.00 bits per heavy atom. The van der Waals surface area contributed by atoms with E-state index in [1.165, 1.54) is 17.5 Å². The second-order valence-corrected chi connectivity index (χ2v) is 5.70. The van der Waals surface area contributed by atoms with Crippen LogP contribution in [0.3, 0.4) is 0 Å². The highest BCUT2D eigenvalue weighted by Gasteiger charge is 2.23. The van der Waals surface area contributed by atoms with E-state index in [2.05, 4.69) is 41.3 Å². The van der Waals surface area contributed by atoms with Crippen molar-refractivity contribution in [2.45, 2.75) is 18.9 Å². The number of rotatable bonds is 4. The van der Waals surface area contributed by atoms with E-state index in [4.69, 9.17) is 10.5 Å². The zero-order valence-electron chi connectivity index (χ0n) is 12.5. The summed E-state index contributed by atoms with van der Waals surface area (Å²) in [6, 6.07) is 16.7. The second kappa shape index (κ2) is 6.19. The largest absolute Gasteiger partial charge is 0.497 e. The molecule has 0 radical (unpaired) electrons. The van der Waals surface area contributed by atoms with Crippen molar-refractivity contribution < 1.29 is 4.74 Å². The van der Waals surface area contributed by atoms with Crippen molar-refractivity contribution >= 4 is 5.69 Å². The SMILES string of the molecule is COc1ccc(CN2CCC(c3ccccc3)C2)c(N)c1. The molecule has 1 aliphatic rings. The number of likely N-dealkylation sites (tertiary alicyclic amines) is 1. The van der Waals surface area contributed by atoms with Crippen LogP contribution in [0.15, 0.2) is 48.5 Å². The average molecular weight is 282 g/mol. The van der Waals surface area contributed by atoms with E-state index < -0.39 is 0 Å². The maximum atomic E-state index is 6.11. The van der Waals surface area contributed by atoms with Crippen molar-refractivity contribution in [3.63, 3.8) is 0 Å². The summed E-state index contributed by atoms with van der Waals surface area (Å²) in [5.74, 6) is 1.46. The third-order valence-electron chi connectivity index (χ3n) is 4.29. The predicted octanol–water partition coefficient (Wildman–Crippen LogP) is 3.27. The van der Waals surface area contributed by atoms with Crippen molar-refractivity contribution in [2.24, 2.45) is 0 Å². The van der Waals surface area contributed by atoms with Crippen LogP contribution in [-0.2, 0) is 6.54 Å². The number of hydrogen-bond acceptors (Lipinski definition) is 3. The molecule has 3 rings (SSSR count). The van der Waals surface area contributed by atoms with Crippen LogP contribution in [0.25, 0.3) is 0 Å². The fourth-order valence-electron chi connectivity index (χ4n) is 3.06. The minimum atomic E-state index is 0.644. The summed E-state index contributed by atoms with van der Waals surface area (Å²) in [6.45, 7) is 3.15. The highest BCUT2D eigenvalue weighted by atomic mass is 16.5. The van der Waals surface area contributed by atoms with Crippen LogP contribution >= 0.6 is 0 Å². The molecule has 1 fully saturated rings. The molecule has 110 valence electrons. The molecule has 3 heteroatoms. The van der Waals surface area contributed by atoms with Gasteiger partial charge in [-0.1, -0.05) is 36.4 Å². The summed E-state index contributed by atoms with van der Waals surface area (Å²) in [6.07, 6.45) is 1.22. The maximum Gasteiger partial charge on any atom is 0.120 e. The Labute approximate surface area is 126 Å². The van der Waals surface area contributed by atoms with E-state index in [1.54, 1.807) is 7.11 Å². The van der Waals surface area contributed by atoms with Crippen LogP contribution in [-0.4, -0.2) is 25.1 Å². The van der Waals surface area contributed by atoms with Gasteiger partial charge < -0.3 is 10.5 Å². The normalized spacial score (nSPS) is 18.8. The predicted molar refractivity (Wildman–Crippen MR) is 86.5 cm³/mol. The van der Waals surface area contributed by atoms with Crippen LogP contribution in [0, 0.1) is 0 Å². The molecule has 2 N–H and O–H groups in total. The molecule has 0 amide bonds. The smallest absolute Gasteiger partial charge is 0.120 e. The molecule has 21 heavy (non-hydrogen) atoms. The van der Waals surface area contributed by atoms with E-state index in [1.807, 2.05) is 12.1 Å². The summed E-state index contributed by atoms with van der Waals surface area (Å²) >= 11 is 0. The van der Waals surface area contributed by atoms with Gasteiger partial charge in [-0.05, 0) is 36.1 Å². The summed E-state index contributed by atoms with van der Waals surface area (Å²) in [7, 11) is 1.67. The molecule has 1 unspecified atom stereocenters. The van der Waals surface area contributed by atoms with Gasteiger partial charge in [0.1, 0.15) is 5.75 Å². The topological polar surface area (TPSA) is 38.5 Å². The van der Waals surface area contributed by atoms with Crippen molar-refractivity contribution in [1.29, 1.82) is 0 Å². The third kappa shape index (κ3) is 3.19. The molecule has 1 saturated heterocycles. The second-order valence-electron chi connectivity index (χ2n) is 5.70. The summed E-state index contributed by atoms with van der Waals surface area (Å²) in [4.78, 5) is 2.48. The first kappa shape index (κ1) is 14.0. The molecule has 0 bridgehead atoms. The number of anilines is 1. The summed E-state index contributed by atoms with van der Waals surface area (Å²) < 4.78 is 5.20. The maximum absolute atomic E-state index is 6.11. The van der Waals surface area contributed by atoms with Gasteiger partial charge in [-0.25, -0.2) is 0 Å². The highest BCUT2D eigenvalue weighted by Crippen LogP contribution is 2.29. The van der Waals surface area contributed by atoms with Gasteiger partial charge in [0.05, 0.1) is 7.11 Å². The lowest BCUT2D eigenvalue weighted by molar-refractivity contribution is 0.327. The molecule has 0 spiro atoms. The van der Waals surface area contributed by atoms with Crippen molar-refractivity contribution in [3.8, 4) is 5.75 Å². The Bertz CT molecular complexity index is 597. The molecule has 2 aromatic carbocycles. The van der Waals surface area contributed by atoms with E-state index in [0.29, 0.717) is 5.92 Å². The van der Waals surface area contributed by atoms with Gasteiger partial charge in [0.15, 0.2) is 0 Å². The average Bonchev–Trinajstić information content (AvgIpc) is 2.99. The molecule has 2 aromatic rings. The summed E-state index contributed by atoms with van der Waals surface area (Å²) in [5, 5.41) is 0. The molecule has 0 saturated carbocycles. The molecule has 1 heterocycles. The van der Waals surface area contributed by atoms with Gasteiger partial charge in [-0.3, -0.25) is 4.90 Å². The lowest BCUT2D eigenvalue weighted by Gasteiger charge is -2.18. The lowest BCUT2D eigenvalue weighted by atomic mass is 9.99.